The van der Waals surface area contributed by atoms with Crippen molar-refractivity contribution in [1.29, 1.82) is 0 Å². The van der Waals surface area contributed by atoms with E-state index in [4.69, 9.17) is 9.47 Å². The smallest absolute Gasteiger partial charge is 0.308 e. The average molecular weight is 249 g/mol. The summed E-state index contributed by atoms with van der Waals surface area (Å²) in [6, 6.07) is 8.18. The van der Waals surface area contributed by atoms with E-state index in [2.05, 4.69) is 5.32 Å². The third-order valence-corrected chi connectivity index (χ3v) is 3.46. The van der Waals surface area contributed by atoms with Crippen LogP contribution < -0.4 is 10.1 Å². The average Bonchev–Trinajstić information content (AvgIpc) is 2.46. The molecule has 0 spiro atoms. The topological polar surface area (TPSA) is 47.6 Å². The van der Waals surface area contributed by atoms with Crippen LogP contribution in [0.2, 0.25) is 0 Å². The van der Waals surface area contributed by atoms with Gasteiger partial charge in [-0.15, -0.1) is 0 Å². The molecule has 1 N–H and O–H groups in total. The van der Waals surface area contributed by atoms with E-state index in [0.717, 1.165) is 25.1 Å². The molecule has 1 aromatic rings. The summed E-state index contributed by atoms with van der Waals surface area (Å²) in [4.78, 5) is 11.6. The fourth-order valence-electron chi connectivity index (χ4n) is 2.39. The summed E-state index contributed by atoms with van der Waals surface area (Å²) >= 11 is 0. The fraction of sp³-hybridized carbons (Fsp3) is 0.500. The Balaban J connectivity index is 2.05. The second-order valence-corrected chi connectivity index (χ2v) is 4.52. The van der Waals surface area contributed by atoms with Crippen LogP contribution in [0.3, 0.4) is 0 Å². The van der Waals surface area contributed by atoms with Crippen molar-refractivity contribution >= 4 is 5.97 Å². The normalized spacial score (nSPS) is 23.4. The number of piperidine rings is 1. The number of ether oxygens (including phenoxy) is 2. The summed E-state index contributed by atoms with van der Waals surface area (Å²) in [6.45, 7) is 0.844. The standard InChI is InChI=1S/C14H19NO3/c1-17-12-5-3-10(4-6-12)13-9-11(7-8-15-13)14(16)18-2/h3-6,11,13,15H,7-9H2,1-2H3. The van der Waals surface area contributed by atoms with Crippen LogP contribution in [0.25, 0.3) is 0 Å². The molecule has 0 aromatic heterocycles. The molecule has 18 heavy (non-hydrogen) atoms. The minimum atomic E-state index is -0.102. The van der Waals surface area contributed by atoms with Crippen molar-refractivity contribution in [2.45, 2.75) is 18.9 Å². The van der Waals surface area contributed by atoms with Crippen molar-refractivity contribution in [2.24, 2.45) is 5.92 Å². The molecule has 2 atom stereocenters. The first-order valence-corrected chi connectivity index (χ1v) is 6.19. The van der Waals surface area contributed by atoms with Gasteiger partial charge in [-0.2, -0.15) is 0 Å². The van der Waals surface area contributed by atoms with Crippen LogP contribution in [0, 0.1) is 5.92 Å². The molecule has 1 fully saturated rings. The predicted octanol–water partition coefficient (Wildman–Crippen LogP) is 1.91. The lowest BCUT2D eigenvalue weighted by Gasteiger charge is -2.29. The Hall–Kier alpha value is -1.55. The van der Waals surface area contributed by atoms with Crippen LogP contribution in [0.1, 0.15) is 24.4 Å². The van der Waals surface area contributed by atoms with Crippen molar-refractivity contribution in [3.63, 3.8) is 0 Å². The minimum Gasteiger partial charge on any atom is -0.497 e. The number of nitrogens with one attached hydrogen (secondary N) is 1. The Morgan fingerprint density at radius 3 is 2.61 bits per heavy atom. The number of hydrogen-bond donors (Lipinski definition) is 1. The minimum absolute atomic E-state index is 0.00310. The van der Waals surface area contributed by atoms with Crippen molar-refractivity contribution in [3.8, 4) is 5.75 Å². The zero-order chi connectivity index (χ0) is 13.0. The van der Waals surface area contributed by atoms with Crippen molar-refractivity contribution in [2.75, 3.05) is 20.8 Å². The molecule has 0 amide bonds. The molecule has 1 aromatic carbocycles. The summed E-state index contributed by atoms with van der Waals surface area (Å²) in [5, 5.41) is 3.43. The van der Waals surface area contributed by atoms with Crippen LogP contribution in [0.15, 0.2) is 24.3 Å². The van der Waals surface area contributed by atoms with Crippen LogP contribution in [0.4, 0.5) is 0 Å². The van der Waals surface area contributed by atoms with Crippen molar-refractivity contribution in [1.82, 2.24) is 5.32 Å². The number of methoxy groups -OCH3 is 2. The Morgan fingerprint density at radius 2 is 2.00 bits per heavy atom. The van der Waals surface area contributed by atoms with Gasteiger partial charge in [-0.1, -0.05) is 12.1 Å². The molecule has 4 nitrogen and oxygen atoms in total. The maximum Gasteiger partial charge on any atom is 0.308 e. The van der Waals surface area contributed by atoms with Gasteiger partial charge in [0.1, 0.15) is 5.75 Å². The Labute approximate surface area is 107 Å². The molecule has 1 aliphatic rings. The Bertz CT molecular complexity index is 402. The second-order valence-electron chi connectivity index (χ2n) is 4.52. The maximum atomic E-state index is 11.6. The van der Waals surface area contributed by atoms with Gasteiger partial charge >= 0.3 is 5.97 Å². The van der Waals surface area contributed by atoms with Gasteiger partial charge in [-0.25, -0.2) is 0 Å². The monoisotopic (exact) mass is 249 g/mol. The molecular weight excluding hydrogens is 230 g/mol. The quantitative estimate of drug-likeness (QED) is 0.831. The maximum absolute atomic E-state index is 11.6. The number of hydrogen-bond acceptors (Lipinski definition) is 4. The molecule has 0 aliphatic carbocycles. The highest BCUT2D eigenvalue weighted by Crippen LogP contribution is 2.28. The molecule has 2 rings (SSSR count). The molecule has 0 bridgehead atoms. The van der Waals surface area contributed by atoms with Gasteiger partial charge in [0, 0.05) is 6.04 Å². The van der Waals surface area contributed by atoms with Crippen LogP contribution >= 0.6 is 0 Å². The summed E-state index contributed by atoms with van der Waals surface area (Å²) in [7, 11) is 3.11. The summed E-state index contributed by atoms with van der Waals surface area (Å²) in [5.74, 6) is 0.748. The van der Waals surface area contributed by atoms with E-state index in [9.17, 15) is 4.79 Å². The first-order valence-electron chi connectivity index (χ1n) is 6.19. The van der Waals surface area contributed by atoms with E-state index in [1.807, 2.05) is 24.3 Å². The highest BCUT2D eigenvalue weighted by molar-refractivity contribution is 5.72. The van der Waals surface area contributed by atoms with Gasteiger partial charge in [-0.3, -0.25) is 4.79 Å². The number of benzene rings is 1. The SMILES string of the molecule is COC(=O)C1CCNC(c2ccc(OC)cc2)C1. The second kappa shape index (κ2) is 5.87. The van der Waals surface area contributed by atoms with Gasteiger partial charge in [-0.05, 0) is 37.1 Å². The lowest BCUT2D eigenvalue weighted by atomic mass is 9.89. The highest BCUT2D eigenvalue weighted by Gasteiger charge is 2.28. The summed E-state index contributed by atoms with van der Waals surface area (Å²) in [6.07, 6.45) is 1.64. The zero-order valence-electron chi connectivity index (χ0n) is 10.8. The molecular formula is C14H19NO3. The molecule has 1 aliphatic heterocycles. The Morgan fingerprint density at radius 1 is 1.28 bits per heavy atom. The predicted molar refractivity (Wildman–Crippen MR) is 68.5 cm³/mol. The number of esters is 1. The first-order chi connectivity index (χ1) is 8.74. The van der Waals surface area contributed by atoms with Crippen LogP contribution in [0.5, 0.6) is 5.75 Å². The Kier molecular flexibility index (Phi) is 4.20. The number of carbonyl (C=O) groups is 1. The number of rotatable bonds is 3. The van der Waals surface area contributed by atoms with Crippen molar-refractivity contribution in [3.05, 3.63) is 29.8 Å². The fourth-order valence-corrected chi connectivity index (χ4v) is 2.39. The molecule has 1 saturated heterocycles. The summed E-state index contributed by atoms with van der Waals surface area (Å²) in [5.41, 5.74) is 1.18. The van der Waals surface area contributed by atoms with E-state index in [0.29, 0.717) is 0 Å². The summed E-state index contributed by atoms with van der Waals surface area (Å²) < 4.78 is 9.96. The third-order valence-electron chi connectivity index (χ3n) is 3.46. The largest absolute Gasteiger partial charge is 0.497 e. The zero-order valence-corrected chi connectivity index (χ0v) is 10.8. The van der Waals surface area contributed by atoms with Crippen LogP contribution in [-0.2, 0) is 9.53 Å². The van der Waals surface area contributed by atoms with E-state index in [1.165, 1.54) is 12.7 Å². The molecule has 2 unspecified atom stereocenters. The van der Waals surface area contributed by atoms with E-state index >= 15 is 0 Å². The van der Waals surface area contributed by atoms with E-state index in [1.54, 1.807) is 7.11 Å². The number of carbonyl (C=O) groups excluding carboxylic acids is 1. The van der Waals surface area contributed by atoms with E-state index < -0.39 is 0 Å². The van der Waals surface area contributed by atoms with Gasteiger partial charge in [0.2, 0.25) is 0 Å². The highest BCUT2D eigenvalue weighted by atomic mass is 16.5. The van der Waals surface area contributed by atoms with Crippen LogP contribution in [-0.4, -0.2) is 26.7 Å². The van der Waals surface area contributed by atoms with Gasteiger partial charge < -0.3 is 14.8 Å². The molecule has 98 valence electrons. The van der Waals surface area contributed by atoms with Gasteiger partial charge in [0.25, 0.3) is 0 Å². The van der Waals surface area contributed by atoms with Gasteiger partial charge in [0.15, 0.2) is 0 Å². The third kappa shape index (κ3) is 2.82. The molecule has 1 heterocycles. The van der Waals surface area contributed by atoms with Gasteiger partial charge in [0.05, 0.1) is 20.1 Å². The lowest BCUT2D eigenvalue weighted by molar-refractivity contribution is -0.146. The molecule has 0 saturated carbocycles. The van der Waals surface area contributed by atoms with Crippen molar-refractivity contribution < 1.29 is 14.3 Å². The lowest BCUT2D eigenvalue weighted by Crippen LogP contribution is -2.35. The first kappa shape index (κ1) is 12.9. The molecule has 4 heteroatoms. The molecule has 0 radical (unpaired) electrons. The van der Waals surface area contributed by atoms with E-state index in [-0.39, 0.29) is 17.9 Å².